The van der Waals surface area contributed by atoms with Crippen molar-refractivity contribution >= 4 is 66.7 Å². The molecule has 214 valence electrons. The summed E-state index contributed by atoms with van der Waals surface area (Å²) in [5.74, 6) is -0.487. The Labute approximate surface area is 253 Å². The van der Waals surface area contributed by atoms with Crippen LogP contribution in [0.1, 0.15) is 24.5 Å². The van der Waals surface area contributed by atoms with Gasteiger partial charge in [0.25, 0.3) is 10.0 Å². The first-order valence-corrected chi connectivity index (χ1v) is 15.3. The molecule has 2 amide bonds. The van der Waals surface area contributed by atoms with Crippen molar-refractivity contribution in [1.29, 1.82) is 0 Å². The summed E-state index contributed by atoms with van der Waals surface area (Å²) in [5, 5.41) is 3.24. The molecule has 0 fully saturated rings. The van der Waals surface area contributed by atoms with Crippen LogP contribution in [0.2, 0.25) is 10.0 Å². The molecule has 3 aromatic carbocycles. The zero-order valence-corrected chi connectivity index (χ0v) is 26.4. The van der Waals surface area contributed by atoms with Gasteiger partial charge in [-0.1, -0.05) is 53.9 Å². The van der Waals surface area contributed by atoms with Gasteiger partial charge in [0.15, 0.2) is 0 Å². The summed E-state index contributed by atoms with van der Waals surface area (Å²) in [5.41, 5.74) is 1.86. The van der Waals surface area contributed by atoms with E-state index in [2.05, 4.69) is 21.2 Å². The number of sulfonamides is 1. The van der Waals surface area contributed by atoms with E-state index in [1.165, 1.54) is 37.3 Å². The Balaban J connectivity index is 2.09. The normalized spacial score (nSPS) is 12.0. The molecule has 3 aromatic rings. The number of nitrogens with zero attached hydrogens (tertiary/aromatic N) is 2. The van der Waals surface area contributed by atoms with E-state index in [0.717, 1.165) is 9.87 Å². The lowest BCUT2D eigenvalue weighted by molar-refractivity contribution is -0.140. The average molecular weight is 671 g/mol. The lowest BCUT2D eigenvalue weighted by atomic mass is 10.1. The van der Waals surface area contributed by atoms with Crippen molar-refractivity contribution in [2.75, 3.05) is 25.0 Å². The maximum Gasteiger partial charge on any atom is 0.264 e. The molecule has 3 rings (SSSR count). The minimum absolute atomic E-state index is 0.0114. The van der Waals surface area contributed by atoms with Gasteiger partial charge in [-0.2, -0.15) is 0 Å². The number of hydrogen-bond donors (Lipinski definition) is 1. The van der Waals surface area contributed by atoms with Crippen LogP contribution in [0.15, 0.2) is 70.0 Å². The lowest BCUT2D eigenvalue weighted by Crippen LogP contribution is -2.51. The van der Waals surface area contributed by atoms with Crippen LogP contribution in [0.25, 0.3) is 0 Å². The van der Waals surface area contributed by atoms with Crippen molar-refractivity contribution in [3.05, 3.63) is 86.3 Å². The van der Waals surface area contributed by atoms with E-state index < -0.39 is 28.5 Å². The number of rotatable bonds is 11. The number of amides is 2. The molecule has 0 aromatic heterocycles. The third-order valence-electron chi connectivity index (χ3n) is 6.28. The fraction of sp³-hybridized carbons (Fsp3) is 0.286. The molecular formula is C28H30BrCl2N3O5S. The number of likely N-dealkylation sites (N-methyl/N-ethyl adjacent to an activating group) is 1. The predicted octanol–water partition coefficient (Wildman–Crippen LogP) is 5.82. The van der Waals surface area contributed by atoms with E-state index in [4.69, 9.17) is 27.9 Å². The second-order valence-electron chi connectivity index (χ2n) is 8.95. The van der Waals surface area contributed by atoms with Gasteiger partial charge in [0.1, 0.15) is 18.3 Å². The summed E-state index contributed by atoms with van der Waals surface area (Å²) in [7, 11) is -1.26. The summed E-state index contributed by atoms with van der Waals surface area (Å²) in [6.07, 6.45) is 0.301. The standard InChI is InChI=1S/C28H30BrCl2N3O5S/c1-5-25(28(36)32-3)33(16-19-8-12-23(30)24(31)14-19)27(35)17-34(20-9-6-18(2)7-10-20)40(37,38)21-11-13-26(39-4)22(29)15-21/h6-15,25H,5,16-17H2,1-4H3,(H,32,36)/t25-/m1/s1. The van der Waals surface area contributed by atoms with Crippen molar-refractivity contribution in [3.8, 4) is 5.75 Å². The van der Waals surface area contributed by atoms with Crippen LogP contribution >= 0.6 is 39.1 Å². The number of ether oxygens (including phenoxy) is 1. The largest absolute Gasteiger partial charge is 0.496 e. The smallest absolute Gasteiger partial charge is 0.264 e. The topological polar surface area (TPSA) is 96.0 Å². The molecular weight excluding hydrogens is 641 g/mol. The lowest BCUT2D eigenvalue weighted by Gasteiger charge is -2.33. The molecule has 1 N–H and O–H groups in total. The number of aryl methyl sites for hydroxylation is 1. The molecule has 0 aliphatic carbocycles. The highest BCUT2D eigenvalue weighted by Gasteiger charge is 2.33. The minimum atomic E-state index is -4.23. The van der Waals surface area contributed by atoms with Crippen LogP contribution in [0.5, 0.6) is 5.75 Å². The third-order valence-corrected chi connectivity index (χ3v) is 9.41. The maximum absolute atomic E-state index is 14.0. The van der Waals surface area contributed by atoms with Crippen molar-refractivity contribution < 1.29 is 22.7 Å². The van der Waals surface area contributed by atoms with Crippen LogP contribution in [0.3, 0.4) is 0 Å². The fourth-order valence-corrected chi connectivity index (χ4v) is 6.55. The number of carbonyl (C=O) groups is 2. The molecule has 1 atom stereocenters. The quantitative estimate of drug-likeness (QED) is 0.277. The van der Waals surface area contributed by atoms with Gasteiger partial charge < -0.3 is 15.0 Å². The first-order chi connectivity index (χ1) is 18.9. The summed E-state index contributed by atoms with van der Waals surface area (Å²) in [6, 6.07) is 15.2. The van der Waals surface area contributed by atoms with Crippen LogP contribution in [0.4, 0.5) is 5.69 Å². The molecule has 0 radical (unpaired) electrons. The zero-order valence-electron chi connectivity index (χ0n) is 22.4. The monoisotopic (exact) mass is 669 g/mol. The Morgan fingerprint density at radius 3 is 2.25 bits per heavy atom. The summed E-state index contributed by atoms with van der Waals surface area (Å²) >= 11 is 15.6. The molecule has 40 heavy (non-hydrogen) atoms. The highest BCUT2D eigenvalue weighted by atomic mass is 79.9. The van der Waals surface area contributed by atoms with E-state index in [1.807, 2.05) is 6.92 Å². The van der Waals surface area contributed by atoms with Gasteiger partial charge in [-0.05, 0) is 77.3 Å². The van der Waals surface area contributed by atoms with Gasteiger partial charge >= 0.3 is 0 Å². The van der Waals surface area contributed by atoms with E-state index in [-0.39, 0.29) is 17.3 Å². The zero-order chi connectivity index (χ0) is 29.6. The predicted molar refractivity (Wildman–Crippen MR) is 162 cm³/mol. The molecule has 0 aliphatic heterocycles. The third kappa shape index (κ3) is 7.28. The Morgan fingerprint density at radius 1 is 1.02 bits per heavy atom. The summed E-state index contributed by atoms with van der Waals surface area (Å²) < 4.78 is 34.7. The first kappa shape index (κ1) is 31.7. The molecule has 12 heteroatoms. The molecule has 0 heterocycles. The Bertz CT molecular complexity index is 1490. The van der Waals surface area contributed by atoms with Crippen LogP contribution < -0.4 is 14.4 Å². The van der Waals surface area contributed by atoms with Crippen LogP contribution in [-0.2, 0) is 26.2 Å². The SMILES string of the molecule is CC[C@H](C(=O)NC)N(Cc1ccc(Cl)c(Cl)c1)C(=O)CN(c1ccc(C)cc1)S(=O)(=O)c1ccc(OC)c(Br)c1. The maximum atomic E-state index is 14.0. The minimum Gasteiger partial charge on any atom is -0.496 e. The van der Waals surface area contributed by atoms with Gasteiger partial charge in [-0.15, -0.1) is 0 Å². The van der Waals surface area contributed by atoms with E-state index in [1.54, 1.807) is 49.4 Å². The number of hydrogen-bond acceptors (Lipinski definition) is 5. The van der Waals surface area contributed by atoms with Gasteiger partial charge in [-0.3, -0.25) is 13.9 Å². The molecule has 0 aliphatic rings. The van der Waals surface area contributed by atoms with Crippen molar-refractivity contribution in [3.63, 3.8) is 0 Å². The molecule has 0 saturated carbocycles. The van der Waals surface area contributed by atoms with E-state index >= 15 is 0 Å². The van der Waals surface area contributed by atoms with Gasteiger partial charge in [0.2, 0.25) is 11.8 Å². The second-order valence-corrected chi connectivity index (χ2v) is 12.5. The van der Waals surface area contributed by atoms with Crippen molar-refractivity contribution in [1.82, 2.24) is 10.2 Å². The van der Waals surface area contributed by atoms with Crippen LogP contribution in [-0.4, -0.2) is 51.9 Å². The van der Waals surface area contributed by atoms with E-state index in [0.29, 0.717) is 37.9 Å². The number of benzene rings is 3. The number of carbonyl (C=O) groups excluding carboxylic acids is 2. The Hall–Kier alpha value is -2.79. The van der Waals surface area contributed by atoms with Gasteiger partial charge in [0, 0.05) is 13.6 Å². The summed E-state index contributed by atoms with van der Waals surface area (Å²) in [4.78, 5) is 28.1. The number of halogens is 3. The summed E-state index contributed by atoms with van der Waals surface area (Å²) in [6.45, 7) is 3.11. The molecule has 0 bridgehead atoms. The van der Waals surface area contributed by atoms with Crippen molar-refractivity contribution in [2.24, 2.45) is 0 Å². The Kier molecular flexibility index (Phi) is 10.9. The Morgan fingerprint density at radius 2 is 1.70 bits per heavy atom. The van der Waals surface area contributed by atoms with Gasteiger partial charge in [0.05, 0.1) is 32.2 Å². The molecule has 0 unspecified atom stereocenters. The number of nitrogens with one attached hydrogen (secondary N) is 1. The van der Waals surface area contributed by atoms with Crippen LogP contribution in [0, 0.1) is 6.92 Å². The fourth-order valence-electron chi connectivity index (χ4n) is 4.10. The molecule has 0 spiro atoms. The molecule has 0 saturated heterocycles. The highest BCUT2D eigenvalue weighted by molar-refractivity contribution is 9.10. The van der Waals surface area contributed by atoms with Crippen molar-refractivity contribution in [2.45, 2.75) is 37.8 Å². The second kappa shape index (κ2) is 13.7. The molecule has 8 nitrogen and oxygen atoms in total. The number of methoxy groups -OCH3 is 1. The highest BCUT2D eigenvalue weighted by Crippen LogP contribution is 2.31. The number of anilines is 1. The van der Waals surface area contributed by atoms with E-state index in [9.17, 15) is 18.0 Å². The first-order valence-electron chi connectivity index (χ1n) is 12.3. The average Bonchev–Trinajstić information content (AvgIpc) is 2.93. The van der Waals surface area contributed by atoms with Gasteiger partial charge in [-0.25, -0.2) is 8.42 Å².